The number of hydrogen-bond acceptors (Lipinski definition) is 3. The van der Waals surface area contributed by atoms with E-state index in [0.717, 1.165) is 0 Å². The fourth-order valence-electron chi connectivity index (χ4n) is 0.375. The molecule has 51 valence electrons. The van der Waals surface area contributed by atoms with Crippen LogP contribution in [0.2, 0.25) is 0 Å². The molecule has 0 aromatic carbocycles. The van der Waals surface area contributed by atoms with Crippen LogP contribution in [0.25, 0.3) is 0 Å². The molecular formula is C6H9O3. The quantitative estimate of drug-likeness (QED) is 0.419. The van der Waals surface area contributed by atoms with Crippen molar-refractivity contribution >= 4 is 6.47 Å². The topological polar surface area (TPSA) is 35.5 Å². The Kier molecular flexibility index (Phi) is 3.51. The van der Waals surface area contributed by atoms with Crippen LogP contribution in [0.15, 0.2) is 12.3 Å². The summed E-state index contributed by atoms with van der Waals surface area (Å²) < 4.78 is 9.08. The summed E-state index contributed by atoms with van der Waals surface area (Å²) in [6.07, 6.45) is -0.583. The zero-order valence-electron chi connectivity index (χ0n) is 5.51. The average molecular weight is 129 g/mol. The van der Waals surface area contributed by atoms with Crippen LogP contribution in [-0.4, -0.2) is 12.8 Å². The minimum absolute atomic E-state index is 0.512. The molecule has 0 aliphatic carbocycles. The Bertz CT molecular complexity index is 109. The molecule has 0 fully saturated rings. The highest BCUT2D eigenvalue weighted by Crippen LogP contribution is 1.97. The summed E-state index contributed by atoms with van der Waals surface area (Å²) in [5.74, 6) is 0.512. The first kappa shape index (κ1) is 8.01. The molecule has 0 saturated carbocycles. The van der Waals surface area contributed by atoms with Gasteiger partial charge in [0.15, 0.2) is 0 Å². The van der Waals surface area contributed by atoms with Crippen LogP contribution in [-0.2, 0) is 14.3 Å². The van der Waals surface area contributed by atoms with Crippen LogP contribution in [0.3, 0.4) is 0 Å². The summed E-state index contributed by atoms with van der Waals surface area (Å²) in [7, 11) is 0. The maximum Gasteiger partial charge on any atom is 0.420 e. The predicted molar refractivity (Wildman–Crippen MR) is 32.1 cm³/mol. The van der Waals surface area contributed by atoms with Crippen LogP contribution in [0.1, 0.15) is 13.8 Å². The Morgan fingerprint density at radius 2 is 2.33 bits per heavy atom. The molecule has 0 saturated heterocycles. The Labute approximate surface area is 54.3 Å². The molecule has 9 heavy (non-hydrogen) atoms. The molecule has 0 aliphatic rings. The summed E-state index contributed by atoms with van der Waals surface area (Å²) in [5.41, 5.74) is 0. The third kappa shape index (κ3) is 4.87. The molecule has 3 heteroatoms. The van der Waals surface area contributed by atoms with Crippen LogP contribution in [0.4, 0.5) is 0 Å². The van der Waals surface area contributed by atoms with E-state index >= 15 is 0 Å². The van der Waals surface area contributed by atoms with Gasteiger partial charge in [0.25, 0.3) is 0 Å². The molecular weight excluding hydrogens is 120 g/mol. The lowest BCUT2D eigenvalue weighted by molar-refractivity contribution is -0.0384. The second-order valence-electron chi connectivity index (χ2n) is 1.59. The second kappa shape index (κ2) is 3.95. The molecule has 0 heterocycles. The lowest BCUT2D eigenvalue weighted by Gasteiger charge is -2.09. The number of allylic oxidation sites excluding steroid dienone is 1. The SMILES string of the molecule is C=C(C)OC(C)O[C]=O. The van der Waals surface area contributed by atoms with Crippen molar-refractivity contribution in [3.63, 3.8) is 0 Å². The van der Waals surface area contributed by atoms with E-state index in [4.69, 9.17) is 4.74 Å². The van der Waals surface area contributed by atoms with E-state index in [1.54, 1.807) is 13.8 Å². The molecule has 0 aromatic rings. The van der Waals surface area contributed by atoms with E-state index < -0.39 is 6.29 Å². The zero-order chi connectivity index (χ0) is 7.28. The van der Waals surface area contributed by atoms with E-state index in [0.29, 0.717) is 5.76 Å². The zero-order valence-corrected chi connectivity index (χ0v) is 5.51. The highest BCUT2D eigenvalue weighted by atomic mass is 16.7. The first-order valence-corrected chi connectivity index (χ1v) is 2.51. The van der Waals surface area contributed by atoms with Crippen molar-refractivity contribution < 1.29 is 14.3 Å². The van der Waals surface area contributed by atoms with Gasteiger partial charge in [0, 0.05) is 6.92 Å². The molecule has 1 unspecified atom stereocenters. The molecule has 3 nitrogen and oxygen atoms in total. The fraction of sp³-hybridized carbons (Fsp3) is 0.500. The molecule has 0 amide bonds. The van der Waals surface area contributed by atoms with Gasteiger partial charge in [0.05, 0.1) is 5.76 Å². The Hall–Kier alpha value is -0.990. The monoisotopic (exact) mass is 129 g/mol. The van der Waals surface area contributed by atoms with Crippen LogP contribution >= 0.6 is 0 Å². The van der Waals surface area contributed by atoms with Gasteiger partial charge < -0.3 is 9.47 Å². The first-order chi connectivity index (χ1) is 4.16. The van der Waals surface area contributed by atoms with E-state index in [1.165, 1.54) is 6.47 Å². The smallest absolute Gasteiger partial charge is 0.420 e. The molecule has 0 aromatic heterocycles. The summed E-state index contributed by atoms with van der Waals surface area (Å²) in [4.78, 5) is 9.54. The predicted octanol–water partition coefficient (Wildman–Crippen LogP) is 0.966. The van der Waals surface area contributed by atoms with Crippen molar-refractivity contribution in [3.05, 3.63) is 12.3 Å². The molecule has 0 aliphatic heterocycles. The van der Waals surface area contributed by atoms with Gasteiger partial charge in [-0.1, -0.05) is 6.58 Å². The summed E-state index contributed by atoms with van der Waals surface area (Å²) >= 11 is 0. The molecule has 1 atom stereocenters. The van der Waals surface area contributed by atoms with Gasteiger partial charge >= 0.3 is 6.47 Å². The lowest BCUT2D eigenvalue weighted by Crippen LogP contribution is -2.09. The Balaban J connectivity index is 3.37. The molecule has 0 bridgehead atoms. The lowest BCUT2D eigenvalue weighted by atomic mass is 10.6. The summed E-state index contributed by atoms with van der Waals surface area (Å²) in [5, 5.41) is 0. The van der Waals surface area contributed by atoms with Crippen molar-refractivity contribution in [2.24, 2.45) is 0 Å². The maximum absolute atomic E-state index is 9.54. The number of hydrogen-bond donors (Lipinski definition) is 0. The minimum Gasteiger partial charge on any atom is -0.460 e. The van der Waals surface area contributed by atoms with Crippen molar-refractivity contribution in [1.82, 2.24) is 0 Å². The fourth-order valence-corrected chi connectivity index (χ4v) is 0.375. The van der Waals surface area contributed by atoms with Gasteiger partial charge in [-0.3, -0.25) is 0 Å². The van der Waals surface area contributed by atoms with Gasteiger partial charge in [-0.05, 0) is 6.92 Å². The van der Waals surface area contributed by atoms with Crippen LogP contribution in [0, 0.1) is 0 Å². The van der Waals surface area contributed by atoms with E-state index in [2.05, 4.69) is 11.3 Å². The Morgan fingerprint density at radius 1 is 1.78 bits per heavy atom. The van der Waals surface area contributed by atoms with Gasteiger partial charge in [-0.25, -0.2) is 4.79 Å². The molecule has 1 radical (unpaired) electrons. The van der Waals surface area contributed by atoms with Gasteiger partial charge in [0.2, 0.25) is 6.29 Å². The molecule has 0 N–H and O–H groups in total. The Morgan fingerprint density at radius 3 is 2.67 bits per heavy atom. The van der Waals surface area contributed by atoms with Crippen LogP contribution in [0.5, 0.6) is 0 Å². The first-order valence-electron chi connectivity index (χ1n) is 2.51. The highest BCUT2D eigenvalue weighted by Gasteiger charge is 1.99. The number of ether oxygens (including phenoxy) is 2. The van der Waals surface area contributed by atoms with E-state index in [9.17, 15) is 4.79 Å². The molecule has 0 rings (SSSR count). The highest BCUT2D eigenvalue weighted by molar-refractivity contribution is 5.38. The van der Waals surface area contributed by atoms with Gasteiger partial charge in [0.1, 0.15) is 0 Å². The van der Waals surface area contributed by atoms with Gasteiger partial charge in [-0.2, -0.15) is 0 Å². The largest absolute Gasteiger partial charge is 0.460 e. The standard InChI is InChI=1S/C6H9O3/c1-5(2)9-6(3)8-4-7/h6H,1H2,2-3H3. The van der Waals surface area contributed by atoms with Crippen molar-refractivity contribution in [3.8, 4) is 0 Å². The number of rotatable bonds is 4. The molecule has 0 spiro atoms. The van der Waals surface area contributed by atoms with Gasteiger partial charge in [-0.15, -0.1) is 0 Å². The third-order valence-corrected chi connectivity index (χ3v) is 0.581. The van der Waals surface area contributed by atoms with Crippen molar-refractivity contribution in [2.45, 2.75) is 20.1 Å². The van der Waals surface area contributed by atoms with Crippen molar-refractivity contribution in [1.29, 1.82) is 0 Å². The second-order valence-corrected chi connectivity index (χ2v) is 1.59. The van der Waals surface area contributed by atoms with Crippen molar-refractivity contribution in [2.75, 3.05) is 0 Å². The maximum atomic E-state index is 9.54. The van der Waals surface area contributed by atoms with E-state index in [-0.39, 0.29) is 0 Å². The van der Waals surface area contributed by atoms with E-state index in [1.807, 2.05) is 0 Å². The number of carbonyl (C=O) groups excluding carboxylic acids is 1. The normalized spacial score (nSPS) is 11.8. The summed E-state index contributed by atoms with van der Waals surface area (Å²) in [6.45, 7) is 7.96. The average Bonchev–Trinajstić information content (AvgIpc) is 1.63. The van der Waals surface area contributed by atoms with Crippen LogP contribution < -0.4 is 0 Å². The third-order valence-electron chi connectivity index (χ3n) is 0.581. The minimum atomic E-state index is -0.583. The summed E-state index contributed by atoms with van der Waals surface area (Å²) in [6, 6.07) is 0.